The van der Waals surface area contributed by atoms with E-state index >= 15 is 0 Å². The van der Waals surface area contributed by atoms with Gasteiger partial charge in [0.25, 0.3) is 0 Å². The summed E-state index contributed by atoms with van der Waals surface area (Å²) in [5, 5.41) is 7.09. The molecule has 0 aromatic heterocycles. The van der Waals surface area contributed by atoms with Crippen LogP contribution in [0.1, 0.15) is 51.9 Å². The second kappa shape index (κ2) is 6.61. The molecule has 0 bridgehead atoms. The van der Waals surface area contributed by atoms with Crippen LogP contribution in [0.4, 0.5) is 0 Å². The van der Waals surface area contributed by atoms with Crippen LogP contribution in [0.25, 0.3) is 0 Å². The molecule has 0 amide bonds. The first kappa shape index (κ1) is 12.4. The van der Waals surface area contributed by atoms with E-state index in [1.165, 1.54) is 64.6 Å². The van der Waals surface area contributed by atoms with Crippen molar-refractivity contribution in [3.8, 4) is 0 Å². The van der Waals surface area contributed by atoms with Crippen molar-refractivity contribution in [1.29, 1.82) is 0 Å². The van der Waals surface area contributed by atoms with Crippen LogP contribution in [-0.4, -0.2) is 25.7 Å². The SMILES string of the molecule is CC[C@@H]1CC(CCC2CCNCC2)CCN1. The average molecular weight is 224 g/mol. The minimum Gasteiger partial charge on any atom is -0.317 e. The quantitative estimate of drug-likeness (QED) is 0.767. The van der Waals surface area contributed by atoms with Crippen LogP contribution in [0.3, 0.4) is 0 Å². The summed E-state index contributed by atoms with van der Waals surface area (Å²) in [6.45, 7) is 6.09. The third kappa shape index (κ3) is 3.74. The Kier molecular flexibility index (Phi) is 5.11. The Labute approximate surface area is 101 Å². The third-order valence-electron chi connectivity index (χ3n) is 4.54. The van der Waals surface area contributed by atoms with Gasteiger partial charge in [-0.25, -0.2) is 0 Å². The van der Waals surface area contributed by atoms with Crippen LogP contribution in [0.2, 0.25) is 0 Å². The lowest BCUT2D eigenvalue weighted by Gasteiger charge is -2.31. The summed E-state index contributed by atoms with van der Waals surface area (Å²) in [6.07, 6.45) is 9.97. The Morgan fingerprint density at radius 2 is 1.62 bits per heavy atom. The van der Waals surface area contributed by atoms with Crippen molar-refractivity contribution in [2.45, 2.75) is 57.9 Å². The first-order chi connectivity index (χ1) is 7.88. The van der Waals surface area contributed by atoms with Gasteiger partial charge in [0.2, 0.25) is 0 Å². The van der Waals surface area contributed by atoms with Gasteiger partial charge in [0, 0.05) is 6.04 Å². The minimum atomic E-state index is 0.812. The summed E-state index contributed by atoms with van der Waals surface area (Å²) < 4.78 is 0. The lowest BCUT2D eigenvalue weighted by Crippen LogP contribution is -2.37. The summed E-state index contributed by atoms with van der Waals surface area (Å²) >= 11 is 0. The van der Waals surface area contributed by atoms with Gasteiger partial charge < -0.3 is 10.6 Å². The molecule has 0 aliphatic carbocycles. The molecule has 2 N–H and O–H groups in total. The molecule has 2 heterocycles. The van der Waals surface area contributed by atoms with E-state index in [9.17, 15) is 0 Å². The number of hydrogen-bond acceptors (Lipinski definition) is 2. The van der Waals surface area contributed by atoms with Gasteiger partial charge in [-0.1, -0.05) is 19.8 Å². The maximum absolute atomic E-state index is 3.63. The number of piperidine rings is 2. The fraction of sp³-hybridized carbons (Fsp3) is 1.00. The Hall–Kier alpha value is -0.0800. The van der Waals surface area contributed by atoms with E-state index in [1.54, 1.807) is 0 Å². The highest BCUT2D eigenvalue weighted by Crippen LogP contribution is 2.27. The van der Waals surface area contributed by atoms with E-state index in [1.807, 2.05) is 0 Å². The highest BCUT2D eigenvalue weighted by molar-refractivity contribution is 4.78. The van der Waals surface area contributed by atoms with E-state index in [0.717, 1.165) is 17.9 Å². The Bertz CT molecular complexity index is 187. The first-order valence-corrected chi connectivity index (χ1v) is 7.32. The second-order valence-electron chi connectivity index (χ2n) is 5.72. The summed E-state index contributed by atoms with van der Waals surface area (Å²) in [5.74, 6) is 2.04. The number of hydrogen-bond donors (Lipinski definition) is 2. The van der Waals surface area contributed by atoms with E-state index in [4.69, 9.17) is 0 Å². The zero-order valence-electron chi connectivity index (χ0n) is 10.8. The zero-order valence-corrected chi connectivity index (χ0v) is 10.8. The lowest BCUT2D eigenvalue weighted by atomic mass is 9.83. The Morgan fingerprint density at radius 3 is 2.38 bits per heavy atom. The first-order valence-electron chi connectivity index (χ1n) is 7.32. The largest absolute Gasteiger partial charge is 0.317 e. The zero-order chi connectivity index (χ0) is 11.2. The Morgan fingerprint density at radius 1 is 0.938 bits per heavy atom. The molecule has 2 aliphatic heterocycles. The van der Waals surface area contributed by atoms with Crippen LogP contribution < -0.4 is 10.6 Å². The second-order valence-corrected chi connectivity index (χ2v) is 5.72. The van der Waals surface area contributed by atoms with E-state index in [0.29, 0.717) is 0 Å². The van der Waals surface area contributed by atoms with Crippen LogP contribution in [0.15, 0.2) is 0 Å². The molecule has 2 rings (SSSR count). The lowest BCUT2D eigenvalue weighted by molar-refractivity contribution is 0.251. The maximum Gasteiger partial charge on any atom is 0.00670 e. The summed E-state index contributed by atoms with van der Waals surface area (Å²) in [5.41, 5.74) is 0. The smallest absolute Gasteiger partial charge is 0.00670 e. The van der Waals surface area contributed by atoms with Crippen molar-refractivity contribution >= 4 is 0 Å². The van der Waals surface area contributed by atoms with Crippen LogP contribution >= 0.6 is 0 Å². The molecule has 16 heavy (non-hydrogen) atoms. The molecular formula is C14H28N2. The van der Waals surface area contributed by atoms with Crippen LogP contribution in [0.5, 0.6) is 0 Å². The molecule has 0 spiro atoms. The van der Waals surface area contributed by atoms with Gasteiger partial charge in [0.15, 0.2) is 0 Å². The molecule has 0 aromatic rings. The van der Waals surface area contributed by atoms with E-state index in [2.05, 4.69) is 17.6 Å². The van der Waals surface area contributed by atoms with Gasteiger partial charge in [0.05, 0.1) is 0 Å². The molecule has 2 aliphatic rings. The molecule has 2 fully saturated rings. The average Bonchev–Trinajstić information content (AvgIpc) is 2.38. The van der Waals surface area contributed by atoms with Crippen LogP contribution in [0, 0.1) is 11.8 Å². The third-order valence-corrected chi connectivity index (χ3v) is 4.54. The van der Waals surface area contributed by atoms with Crippen molar-refractivity contribution in [2.24, 2.45) is 11.8 Å². The van der Waals surface area contributed by atoms with Crippen molar-refractivity contribution < 1.29 is 0 Å². The molecule has 2 heteroatoms. The Balaban J connectivity index is 1.64. The van der Waals surface area contributed by atoms with Crippen molar-refractivity contribution in [2.75, 3.05) is 19.6 Å². The van der Waals surface area contributed by atoms with Gasteiger partial charge in [-0.15, -0.1) is 0 Å². The van der Waals surface area contributed by atoms with E-state index in [-0.39, 0.29) is 0 Å². The normalized spacial score (nSPS) is 32.8. The topological polar surface area (TPSA) is 24.1 Å². The molecule has 2 nitrogen and oxygen atoms in total. The summed E-state index contributed by atoms with van der Waals surface area (Å²) in [4.78, 5) is 0. The van der Waals surface area contributed by atoms with Crippen molar-refractivity contribution in [3.63, 3.8) is 0 Å². The molecule has 94 valence electrons. The molecule has 2 saturated heterocycles. The molecule has 2 atom stereocenters. The summed E-state index contributed by atoms with van der Waals surface area (Å²) in [7, 11) is 0. The molecule has 0 aromatic carbocycles. The maximum atomic E-state index is 3.63. The molecule has 1 unspecified atom stereocenters. The van der Waals surface area contributed by atoms with Gasteiger partial charge in [-0.3, -0.25) is 0 Å². The van der Waals surface area contributed by atoms with Crippen molar-refractivity contribution in [3.05, 3.63) is 0 Å². The summed E-state index contributed by atoms with van der Waals surface area (Å²) in [6, 6.07) is 0.812. The monoisotopic (exact) mass is 224 g/mol. The minimum absolute atomic E-state index is 0.812. The van der Waals surface area contributed by atoms with Crippen molar-refractivity contribution in [1.82, 2.24) is 10.6 Å². The number of nitrogens with one attached hydrogen (secondary N) is 2. The van der Waals surface area contributed by atoms with Crippen LogP contribution in [-0.2, 0) is 0 Å². The van der Waals surface area contributed by atoms with Gasteiger partial charge in [-0.05, 0) is 63.6 Å². The molecular weight excluding hydrogens is 196 g/mol. The predicted octanol–water partition coefficient (Wildman–Crippen LogP) is 2.54. The highest BCUT2D eigenvalue weighted by Gasteiger charge is 2.21. The van der Waals surface area contributed by atoms with Gasteiger partial charge in [-0.2, -0.15) is 0 Å². The van der Waals surface area contributed by atoms with Gasteiger partial charge >= 0.3 is 0 Å². The fourth-order valence-electron chi connectivity index (χ4n) is 3.31. The number of rotatable bonds is 4. The molecule has 0 saturated carbocycles. The highest BCUT2D eigenvalue weighted by atomic mass is 14.9. The predicted molar refractivity (Wildman–Crippen MR) is 69.6 cm³/mol. The van der Waals surface area contributed by atoms with E-state index < -0.39 is 0 Å². The standard InChI is InChI=1S/C14H28N2/c1-2-14-11-13(7-10-16-14)4-3-12-5-8-15-9-6-12/h12-16H,2-11H2,1H3/t13?,14-/m1/s1. The fourth-order valence-corrected chi connectivity index (χ4v) is 3.31. The molecule has 0 radical (unpaired) electrons. The van der Waals surface area contributed by atoms with Gasteiger partial charge in [0.1, 0.15) is 0 Å².